The van der Waals surface area contributed by atoms with Gasteiger partial charge in [-0.1, -0.05) is 55.1 Å². The zero-order chi connectivity index (χ0) is 15.5. The highest BCUT2D eigenvalue weighted by atomic mass is 16.7. The van der Waals surface area contributed by atoms with Crippen LogP contribution < -0.4 is 0 Å². The second-order valence-corrected chi connectivity index (χ2v) is 4.87. The zero-order valence-corrected chi connectivity index (χ0v) is 11.7. The summed E-state index contributed by atoms with van der Waals surface area (Å²) in [5.41, 5.74) is 0.588. The Morgan fingerprint density at radius 1 is 1.24 bits per heavy atom. The Hall–Kier alpha value is -2.46. The minimum atomic E-state index is -2.00. The van der Waals surface area contributed by atoms with Gasteiger partial charge in [-0.25, -0.2) is 4.79 Å². The molecule has 4 nitrogen and oxygen atoms in total. The molecule has 0 spiro atoms. The Bertz CT molecular complexity index is 627. The number of allylic oxidation sites excluding steroid dienone is 2. The molecule has 2 unspecified atom stereocenters. The lowest BCUT2D eigenvalue weighted by molar-refractivity contribution is -0.193. The van der Waals surface area contributed by atoms with Crippen molar-refractivity contribution in [3.05, 3.63) is 72.4 Å². The first kappa shape index (κ1) is 14.9. The van der Waals surface area contributed by atoms with Gasteiger partial charge in [0.1, 0.15) is 5.92 Å². The molecule has 1 N–H and O–H groups in total. The van der Waals surface area contributed by atoms with Crippen molar-refractivity contribution in [3.8, 4) is 0 Å². The molecule has 1 aromatic rings. The predicted octanol–water partition coefficient (Wildman–Crippen LogP) is 2.42. The van der Waals surface area contributed by atoms with E-state index in [0.29, 0.717) is 5.56 Å². The van der Waals surface area contributed by atoms with Crippen LogP contribution in [-0.4, -0.2) is 22.6 Å². The van der Waals surface area contributed by atoms with Gasteiger partial charge in [-0.05, 0) is 13.0 Å². The van der Waals surface area contributed by atoms with Crippen LogP contribution in [0.4, 0.5) is 0 Å². The van der Waals surface area contributed by atoms with E-state index in [1.165, 1.54) is 25.2 Å². The largest absolute Gasteiger partial charge is 0.425 e. The van der Waals surface area contributed by atoms with Crippen LogP contribution in [0.15, 0.2) is 66.8 Å². The van der Waals surface area contributed by atoms with Crippen molar-refractivity contribution < 1.29 is 19.4 Å². The van der Waals surface area contributed by atoms with E-state index in [9.17, 15) is 14.7 Å². The second-order valence-electron chi connectivity index (χ2n) is 4.87. The average molecular weight is 284 g/mol. The topological polar surface area (TPSA) is 63.6 Å². The van der Waals surface area contributed by atoms with Crippen LogP contribution in [0, 0.1) is 5.92 Å². The van der Waals surface area contributed by atoms with E-state index in [1.54, 1.807) is 36.4 Å². The Morgan fingerprint density at radius 3 is 2.52 bits per heavy atom. The third-order valence-electron chi connectivity index (χ3n) is 3.14. The second kappa shape index (κ2) is 5.89. The van der Waals surface area contributed by atoms with Gasteiger partial charge in [-0.2, -0.15) is 0 Å². The third kappa shape index (κ3) is 3.17. The number of ether oxygens (including phenoxy) is 1. The van der Waals surface area contributed by atoms with Crippen molar-refractivity contribution in [1.82, 2.24) is 0 Å². The summed E-state index contributed by atoms with van der Waals surface area (Å²) < 4.78 is 5.05. The van der Waals surface area contributed by atoms with Crippen LogP contribution in [0.1, 0.15) is 17.3 Å². The Balaban J connectivity index is 2.30. The molecule has 108 valence electrons. The molecule has 2 rings (SSSR count). The fraction of sp³-hybridized carbons (Fsp3) is 0.176. The lowest BCUT2D eigenvalue weighted by Gasteiger charge is -2.32. The molecular weight excluding hydrogens is 268 g/mol. The van der Waals surface area contributed by atoms with Crippen molar-refractivity contribution in [2.75, 3.05) is 0 Å². The number of carbonyl (C=O) groups excluding carboxylic acids is 2. The van der Waals surface area contributed by atoms with Crippen molar-refractivity contribution >= 4 is 11.8 Å². The van der Waals surface area contributed by atoms with Crippen molar-refractivity contribution in [3.63, 3.8) is 0 Å². The first-order chi connectivity index (χ1) is 9.94. The fourth-order valence-corrected chi connectivity index (χ4v) is 2.00. The molecule has 0 amide bonds. The maximum absolute atomic E-state index is 12.5. The SMILES string of the molecule is C=C(C)C(=O)OC1(O)C=CC=CC1C(=O)c1ccccc1. The molecule has 0 heterocycles. The highest BCUT2D eigenvalue weighted by Gasteiger charge is 2.43. The summed E-state index contributed by atoms with van der Waals surface area (Å²) in [6.45, 7) is 4.94. The number of rotatable bonds is 4. The summed E-state index contributed by atoms with van der Waals surface area (Å²) in [6, 6.07) is 8.55. The zero-order valence-electron chi connectivity index (χ0n) is 11.7. The Labute approximate surface area is 123 Å². The van der Waals surface area contributed by atoms with Crippen molar-refractivity contribution in [2.45, 2.75) is 12.7 Å². The van der Waals surface area contributed by atoms with E-state index in [1.807, 2.05) is 0 Å². The van der Waals surface area contributed by atoms with Gasteiger partial charge in [0, 0.05) is 11.1 Å². The van der Waals surface area contributed by atoms with Crippen LogP contribution in [-0.2, 0) is 9.53 Å². The maximum atomic E-state index is 12.5. The summed E-state index contributed by atoms with van der Waals surface area (Å²) >= 11 is 0. The van der Waals surface area contributed by atoms with Crippen LogP contribution >= 0.6 is 0 Å². The molecule has 2 atom stereocenters. The average Bonchev–Trinajstić information content (AvgIpc) is 2.47. The van der Waals surface area contributed by atoms with Gasteiger partial charge in [0.05, 0.1) is 0 Å². The minimum Gasteiger partial charge on any atom is -0.425 e. The van der Waals surface area contributed by atoms with Crippen LogP contribution in [0.2, 0.25) is 0 Å². The molecule has 0 aliphatic heterocycles. The van der Waals surface area contributed by atoms with E-state index < -0.39 is 17.7 Å². The van der Waals surface area contributed by atoms with Crippen molar-refractivity contribution in [1.29, 1.82) is 0 Å². The lowest BCUT2D eigenvalue weighted by atomic mass is 9.86. The molecular formula is C17H16O4. The number of hydrogen-bond acceptors (Lipinski definition) is 4. The lowest BCUT2D eigenvalue weighted by Crippen LogP contribution is -2.45. The van der Waals surface area contributed by atoms with Gasteiger partial charge in [0.25, 0.3) is 0 Å². The summed E-state index contributed by atoms with van der Waals surface area (Å²) in [5.74, 6) is -4.07. The summed E-state index contributed by atoms with van der Waals surface area (Å²) in [7, 11) is 0. The number of hydrogen-bond donors (Lipinski definition) is 1. The molecule has 0 radical (unpaired) electrons. The summed E-state index contributed by atoms with van der Waals surface area (Å²) in [6.07, 6.45) is 5.97. The number of aliphatic hydroxyl groups is 1. The molecule has 0 fully saturated rings. The third-order valence-corrected chi connectivity index (χ3v) is 3.14. The Kier molecular flexibility index (Phi) is 4.19. The normalized spacial score (nSPS) is 23.6. The van der Waals surface area contributed by atoms with Gasteiger partial charge in [-0.3, -0.25) is 4.79 Å². The maximum Gasteiger partial charge on any atom is 0.335 e. The standard InChI is InChI=1S/C17H16O4/c1-12(2)16(19)21-17(20)11-7-6-10-14(17)15(18)13-8-4-3-5-9-13/h3-11,14,20H,1H2,2H3. The predicted molar refractivity (Wildman–Crippen MR) is 78.4 cm³/mol. The van der Waals surface area contributed by atoms with Gasteiger partial charge in [0.15, 0.2) is 5.78 Å². The van der Waals surface area contributed by atoms with Crippen molar-refractivity contribution in [2.24, 2.45) is 5.92 Å². The molecule has 21 heavy (non-hydrogen) atoms. The van der Waals surface area contributed by atoms with E-state index in [2.05, 4.69) is 6.58 Å². The molecule has 1 aromatic carbocycles. The fourth-order valence-electron chi connectivity index (χ4n) is 2.00. The minimum absolute atomic E-state index is 0.150. The highest BCUT2D eigenvalue weighted by Crippen LogP contribution is 2.30. The molecule has 1 aliphatic rings. The van der Waals surface area contributed by atoms with Gasteiger partial charge in [-0.15, -0.1) is 0 Å². The first-order valence-electron chi connectivity index (χ1n) is 6.50. The molecule has 1 aliphatic carbocycles. The van der Waals surface area contributed by atoms with Crippen LogP contribution in [0.25, 0.3) is 0 Å². The van der Waals surface area contributed by atoms with Gasteiger partial charge in [0.2, 0.25) is 5.79 Å². The number of ketones is 1. The smallest absolute Gasteiger partial charge is 0.335 e. The number of carbonyl (C=O) groups is 2. The van der Waals surface area contributed by atoms with Gasteiger partial charge < -0.3 is 9.84 Å². The number of benzene rings is 1. The van der Waals surface area contributed by atoms with Gasteiger partial charge >= 0.3 is 5.97 Å². The van der Waals surface area contributed by atoms with E-state index >= 15 is 0 Å². The van der Waals surface area contributed by atoms with Crippen LogP contribution in [0.5, 0.6) is 0 Å². The summed E-state index contributed by atoms with van der Waals surface area (Å²) in [5, 5.41) is 10.5. The molecule has 0 saturated heterocycles. The monoisotopic (exact) mass is 284 g/mol. The number of esters is 1. The van der Waals surface area contributed by atoms with E-state index in [4.69, 9.17) is 4.74 Å². The first-order valence-corrected chi connectivity index (χ1v) is 6.50. The molecule has 0 bridgehead atoms. The molecule has 0 saturated carbocycles. The quantitative estimate of drug-likeness (QED) is 0.399. The highest BCUT2D eigenvalue weighted by molar-refractivity contribution is 6.00. The Morgan fingerprint density at radius 2 is 1.90 bits per heavy atom. The number of Topliss-reactive ketones (excluding diaryl/α,β-unsaturated/α-hetero) is 1. The van der Waals surface area contributed by atoms with E-state index in [0.717, 1.165) is 0 Å². The van der Waals surface area contributed by atoms with Crippen LogP contribution in [0.3, 0.4) is 0 Å². The summed E-state index contributed by atoms with van der Waals surface area (Å²) in [4.78, 5) is 24.2. The van der Waals surface area contributed by atoms with E-state index in [-0.39, 0.29) is 11.4 Å². The molecule has 0 aromatic heterocycles. The molecule has 4 heteroatoms.